The summed E-state index contributed by atoms with van der Waals surface area (Å²) in [6.07, 6.45) is 7.39. The van der Waals surface area contributed by atoms with Crippen molar-refractivity contribution >= 4 is 12.0 Å². The Morgan fingerprint density at radius 2 is 1.75 bits per heavy atom. The van der Waals surface area contributed by atoms with E-state index >= 15 is 0 Å². The van der Waals surface area contributed by atoms with E-state index in [1.165, 1.54) is 11.1 Å². The fraction of sp³-hybridized carbons (Fsp3) is 0.500. The van der Waals surface area contributed by atoms with Gasteiger partial charge in [-0.15, -0.1) is 0 Å². The molecular weight excluding hydrogens is 350 g/mol. The Kier molecular flexibility index (Phi) is 5.20. The van der Waals surface area contributed by atoms with Crippen LogP contribution < -0.4 is 15.5 Å². The largest absolute Gasteiger partial charge is 0.341 e. The number of piperidine rings is 1. The smallest absolute Gasteiger partial charge is 0.315 e. The quantitative estimate of drug-likeness (QED) is 0.856. The van der Waals surface area contributed by atoms with Gasteiger partial charge in [-0.25, -0.2) is 14.8 Å². The molecule has 28 heavy (non-hydrogen) atoms. The molecule has 2 N–H and O–H groups in total. The van der Waals surface area contributed by atoms with Crippen LogP contribution in [0.5, 0.6) is 0 Å². The van der Waals surface area contributed by atoms with E-state index in [0.29, 0.717) is 0 Å². The van der Waals surface area contributed by atoms with Crippen molar-refractivity contribution in [3.8, 4) is 0 Å². The van der Waals surface area contributed by atoms with Crippen molar-refractivity contribution < 1.29 is 4.79 Å². The highest BCUT2D eigenvalue weighted by atomic mass is 16.2. The van der Waals surface area contributed by atoms with Crippen molar-refractivity contribution in [3.05, 3.63) is 53.9 Å². The number of hydrogen-bond acceptors (Lipinski definition) is 4. The molecule has 0 saturated carbocycles. The molecule has 2 amide bonds. The summed E-state index contributed by atoms with van der Waals surface area (Å²) in [5.74, 6) is 0.770. The first-order valence-electron chi connectivity index (χ1n) is 10.2. The summed E-state index contributed by atoms with van der Waals surface area (Å²) in [5.41, 5.74) is 2.77. The number of hydrogen-bond donors (Lipinski definition) is 2. The van der Waals surface area contributed by atoms with E-state index in [-0.39, 0.29) is 23.5 Å². The van der Waals surface area contributed by atoms with Gasteiger partial charge in [0.15, 0.2) is 0 Å². The third kappa shape index (κ3) is 3.96. The summed E-state index contributed by atoms with van der Waals surface area (Å²) in [5, 5.41) is 6.39. The summed E-state index contributed by atoms with van der Waals surface area (Å²) < 4.78 is 0. The molecule has 1 aliphatic carbocycles. The van der Waals surface area contributed by atoms with Gasteiger partial charge in [0.1, 0.15) is 0 Å². The van der Waals surface area contributed by atoms with Crippen LogP contribution >= 0.6 is 0 Å². The van der Waals surface area contributed by atoms with Crippen LogP contribution in [0.3, 0.4) is 0 Å². The highest BCUT2D eigenvalue weighted by Gasteiger charge is 2.33. The standard InChI is InChI=1S/C22H29N5O/c1-22(2)11-8-19(17-6-3-4-7-18(17)22)26-21(28)25-16-9-14-27(15-10-16)20-23-12-5-13-24-20/h3-7,12-13,16,19H,8-11,14-15H2,1-2H3,(H2,25,26,28)/t19-/m1/s1. The Morgan fingerprint density at radius 3 is 2.50 bits per heavy atom. The van der Waals surface area contributed by atoms with E-state index in [1.807, 2.05) is 6.07 Å². The molecule has 0 spiro atoms. The predicted octanol–water partition coefficient (Wildman–Crippen LogP) is 3.56. The first-order chi connectivity index (χ1) is 13.5. The number of carbonyl (C=O) groups excluding carboxylic acids is 1. The van der Waals surface area contributed by atoms with E-state index in [0.717, 1.165) is 44.7 Å². The number of nitrogens with one attached hydrogen (secondary N) is 2. The number of amides is 2. The molecule has 148 valence electrons. The summed E-state index contributed by atoms with van der Waals surface area (Å²) in [7, 11) is 0. The molecule has 1 aliphatic heterocycles. The number of urea groups is 1. The average Bonchev–Trinajstić information content (AvgIpc) is 2.72. The maximum atomic E-state index is 12.6. The van der Waals surface area contributed by atoms with E-state index in [2.05, 4.69) is 63.6 Å². The highest BCUT2D eigenvalue weighted by Crippen LogP contribution is 2.41. The molecular formula is C22H29N5O. The van der Waals surface area contributed by atoms with E-state index < -0.39 is 0 Å². The van der Waals surface area contributed by atoms with Crippen molar-refractivity contribution in [1.82, 2.24) is 20.6 Å². The minimum atomic E-state index is -0.0612. The predicted molar refractivity (Wildman–Crippen MR) is 110 cm³/mol. The van der Waals surface area contributed by atoms with Gasteiger partial charge in [-0.1, -0.05) is 38.1 Å². The Labute approximate surface area is 166 Å². The molecule has 2 aliphatic rings. The van der Waals surface area contributed by atoms with Gasteiger partial charge < -0.3 is 15.5 Å². The number of nitrogens with zero attached hydrogens (tertiary/aromatic N) is 3. The monoisotopic (exact) mass is 379 g/mol. The van der Waals surface area contributed by atoms with Crippen LogP contribution in [0.25, 0.3) is 0 Å². The molecule has 1 atom stereocenters. The van der Waals surface area contributed by atoms with Gasteiger partial charge in [0, 0.05) is 31.5 Å². The topological polar surface area (TPSA) is 70.2 Å². The Bertz CT molecular complexity index is 815. The third-order valence-electron chi connectivity index (χ3n) is 6.09. The fourth-order valence-corrected chi connectivity index (χ4v) is 4.43. The zero-order valence-electron chi connectivity index (χ0n) is 16.7. The van der Waals surface area contributed by atoms with Gasteiger partial charge in [0.25, 0.3) is 0 Å². The second-order valence-corrected chi connectivity index (χ2v) is 8.49. The SMILES string of the molecule is CC1(C)CC[C@@H](NC(=O)NC2CCN(c3ncccn3)CC2)c2ccccc21. The lowest BCUT2D eigenvalue weighted by molar-refractivity contribution is 0.227. The molecule has 2 heterocycles. The summed E-state index contributed by atoms with van der Waals surface area (Å²) in [4.78, 5) is 23.4. The molecule has 4 rings (SSSR count). The summed E-state index contributed by atoms with van der Waals surface area (Å²) in [6.45, 7) is 6.28. The lowest BCUT2D eigenvalue weighted by atomic mass is 9.71. The zero-order chi connectivity index (χ0) is 19.6. The molecule has 1 aromatic heterocycles. The summed E-state index contributed by atoms with van der Waals surface area (Å²) in [6, 6.07) is 10.5. The second-order valence-electron chi connectivity index (χ2n) is 8.49. The van der Waals surface area contributed by atoms with Crippen LogP contribution in [0.1, 0.15) is 56.7 Å². The van der Waals surface area contributed by atoms with Crippen LogP contribution in [-0.2, 0) is 5.41 Å². The molecule has 6 heteroatoms. The Hall–Kier alpha value is -2.63. The van der Waals surface area contributed by atoms with Crippen LogP contribution in [0.15, 0.2) is 42.7 Å². The number of carbonyl (C=O) groups is 1. The van der Waals surface area contributed by atoms with Gasteiger partial charge in [-0.3, -0.25) is 0 Å². The zero-order valence-corrected chi connectivity index (χ0v) is 16.7. The van der Waals surface area contributed by atoms with Crippen LogP contribution in [0.2, 0.25) is 0 Å². The number of rotatable bonds is 3. The number of benzene rings is 1. The average molecular weight is 380 g/mol. The Balaban J connectivity index is 1.32. The maximum Gasteiger partial charge on any atom is 0.315 e. The van der Waals surface area contributed by atoms with Crippen molar-refractivity contribution in [1.29, 1.82) is 0 Å². The van der Waals surface area contributed by atoms with Crippen molar-refractivity contribution in [2.45, 2.75) is 57.0 Å². The maximum absolute atomic E-state index is 12.6. The van der Waals surface area contributed by atoms with Crippen molar-refractivity contribution in [2.75, 3.05) is 18.0 Å². The highest BCUT2D eigenvalue weighted by molar-refractivity contribution is 5.75. The van der Waals surface area contributed by atoms with Crippen LogP contribution in [0.4, 0.5) is 10.7 Å². The van der Waals surface area contributed by atoms with E-state index in [1.54, 1.807) is 12.4 Å². The number of fused-ring (bicyclic) bond motifs is 1. The molecule has 0 radical (unpaired) electrons. The minimum absolute atomic E-state index is 0.0612. The van der Waals surface area contributed by atoms with Gasteiger partial charge in [0.05, 0.1) is 6.04 Å². The van der Waals surface area contributed by atoms with Gasteiger partial charge in [-0.05, 0) is 48.3 Å². The first kappa shape index (κ1) is 18.7. The third-order valence-corrected chi connectivity index (χ3v) is 6.09. The van der Waals surface area contributed by atoms with Crippen molar-refractivity contribution in [3.63, 3.8) is 0 Å². The molecule has 1 aromatic carbocycles. The molecule has 0 bridgehead atoms. The minimum Gasteiger partial charge on any atom is -0.341 e. The molecule has 6 nitrogen and oxygen atoms in total. The van der Waals surface area contributed by atoms with Crippen LogP contribution in [-0.4, -0.2) is 35.1 Å². The summed E-state index contributed by atoms with van der Waals surface area (Å²) >= 11 is 0. The lowest BCUT2D eigenvalue weighted by Gasteiger charge is -2.38. The molecule has 1 saturated heterocycles. The van der Waals surface area contributed by atoms with Gasteiger partial charge >= 0.3 is 6.03 Å². The van der Waals surface area contributed by atoms with E-state index in [9.17, 15) is 4.79 Å². The molecule has 0 unspecified atom stereocenters. The van der Waals surface area contributed by atoms with E-state index in [4.69, 9.17) is 0 Å². The number of anilines is 1. The van der Waals surface area contributed by atoms with Gasteiger partial charge in [0.2, 0.25) is 5.95 Å². The first-order valence-corrected chi connectivity index (χ1v) is 10.2. The molecule has 1 fully saturated rings. The van der Waals surface area contributed by atoms with Crippen molar-refractivity contribution in [2.24, 2.45) is 0 Å². The normalized spacial score (nSPS) is 21.6. The lowest BCUT2D eigenvalue weighted by Crippen LogP contribution is -2.49. The van der Waals surface area contributed by atoms with Crippen LogP contribution in [0, 0.1) is 0 Å². The van der Waals surface area contributed by atoms with Gasteiger partial charge in [-0.2, -0.15) is 0 Å². The fourth-order valence-electron chi connectivity index (χ4n) is 4.43. The molecule has 2 aromatic rings. The number of aromatic nitrogens is 2. The Morgan fingerprint density at radius 1 is 1.04 bits per heavy atom. The second kappa shape index (κ2) is 7.78.